The van der Waals surface area contributed by atoms with E-state index in [4.69, 9.17) is 7.85 Å². The van der Waals surface area contributed by atoms with E-state index in [1.54, 1.807) is 12.5 Å². The molecule has 0 spiro atoms. The molecule has 0 saturated heterocycles. The van der Waals surface area contributed by atoms with Crippen LogP contribution in [0.25, 0.3) is 0 Å². The summed E-state index contributed by atoms with van der Waals surface area (Å²) in [5.74, 6) is -0.106. The maximum absolute atomic E-state index is 10.7. The lowest BCUT2D eigenvalue weighted by Gasteiger charge is -2.03. The Labute approximate surface area is 78.8 Å². The van der Waals surface area contributed by atoms with Crippen LogP contribution in [0.4, 0.5) is 0 Å². The summed E-state index contributed by atoms with van der Waals surface area (Å²) in [6.45, 7) is 1.53. The Morgan fingerprint density at radius 3 is 3.08 bits per heavy atom. The third-order valence-corrected chi connectivity index (χ3v) is 1.66. The fourth-order valence-corrected chi connectivity index (χ4v) is 0.981. The van der Waals surface area contributed by atoms with Gasteiger partial charge in [0, 0.05) is 25.5 Å². The number of carbonyl (C=O) groups is 1. The van der Waals surface area contributed by atoms with E-state index in [-0.39, 0.29) is 12.2 Å². The Morgan fingerprint density at radius 2 is 2.46 bits per heavy atom. The fourth-order valence-electron chi connectivity index (χ4n) is 0.981. The van der Waals surface area contributed by atoms with E-state index in [1.807, 2.05) is 10.8 Å². The zero-order valence-corrected chi connectivity index (χ0v) is 7.44. The number of rotatable bonds is 5. The van der Waals surface area contributed by atoms with Crippen molar-refractivity contribution >= 4 is 13.8 Å². The van der Waals surface area contributed by atoms with Gasteiger partial charge >= 0.3 is 0 Å². The summed E-state index contributed by atoms with van der Waals surface area (Å²) in [5, 5.41) is 2.70. The van der Waals surface area contributed by atoms with Gasteiger partial charge in [0.05, 0.1) is 14.2 Å². The summed E-state index contributed by atoms with van der Waals surface area (Å²) in [6.07, 6.45) is 6.33. The van der Waals surface area contributed by atoms with E-state index >= 15 is 0 Å². The third-order valence-electron chi connectivity index (χ3n) is 1.66. The van der Waals surface area contributed by atoms with Crippen LogP contribution in [0.3, 0.4) is 0 Å². The lowest BCUT2D eigenvalue weighted by molar-refractivity contribution is -0.118. The number of aromatic nitrogens is 2. The van der Waals surface area contributed by atoms with Crippen molar-refractivity contribution in [1.29, 1.82) is 0 Å². The number of imidazole rings is 1. The third kappa shape index (κ3) is 3.78. The minimum atomic E-state index is -0.106. The Balaban J connectivity index is 2.05. The highest BCUT2D eigenvalue weighted by atomic mass is 16.1. The highest BCUT2D eigenvalue weighted by Crippen LogP contribution is 1.88. The average Bonchev–Trinajstić information content (AvgIpc) is 2.64. The van der Waals surface area contributed by atoms with Crippen molar-refractivity contribution in [3.05, 3.63) is 18.7 Å². The van der Waals surface area contributed by atoms with Gasteiger partial charge in [0.15, 0.2) is 0 Å². The summed E-state index contributed by atoms with van der Waals surface area (Å²) < 4.78 is 1.97. The van der Waals surface area contributed by atoms with Crippen LogP contribution < -0.4 is 5.32 Å². The van der Waals surface area contributed by atoms with Gasteiger partial charge in [-0.3, -0.25) is 4.79 Å². The van der Waals surface area contributed by atoms with Gasteiger partial charge in [-0.05, 0) is 12.7 Å². The minimum absolute atomic E-state index is 0.0606. The lowest BCUT2D eigenvalue weighted by atomic mass is 10.1. The quantitative estimate of drug-likeness (QED) is 0.507. The molecule has 68 valence electrons. The van der Waals surface area contributed by atoms with E-state index in [9.17, 15) is 4.79 Å². The molecule has 0 aromatic carbocycles. The van der Waals surface area contributed by atoms with Crippen LogP contribution in [0.15, 0.2) is 18.7 Å². The summed E-state index contributed by atoms with van der Waals surface area (Å²) in [7, 11) is 5.12. The number of carbonyl (C=O) groups excluding carboxylic acids is 1. The van der Waals surface area contributed by atoms with Gasteiger partial charge in [-0.1, -0.05) is 0 Å². The average molecular weight is 177 g/mol. The lowest BCUT2D eigenvalue weighted by Crippen LogP contribution is -2.24. The van der Waals surface area contributed by atoms with E-state index < -0.39 is 0 Å². The van der Waals surface area contributed by atoms with E-state index in [0.717, 1.165) is 13.0 Å². The first-order chi connectivity index (χ1) is 6.33. The maximum atomic E-state index is 10.7. The van der Waals surface area contributed by atoms with Crippen molar-refractivity contribution < 1.29 is 4.79 Å². The van der Waals surface area contributed by atoms with E-state index in [0.29, 0.717) is 6.54 Å². The van der Waals surface area contributed by atoms with Crippen LogP contribution in [0.2, 0.25) is 6.32 Å². The molecule has 0 aliphatic carbocycles. The standard InChI is InChI=1S/C8H12BN3O/c9-6-8(13)11-2-1-4-12-5-3-10-7-12/h3,5,7H,1-2,4,6H2,(H,11,13). The maximum Gasteiger partial charge on any atom is 0.211 e. The molecule has 1 aromatic heterocycles. The first-order valence-electron chi connectivity index (χ1n) is 4.25. The van der Waals surface area contributed by atoms with Crippen molar-refractivity contribution in [2.24, 2.45) is 0 Å². The molecule has 1 rings (SSSR count). The number of amides is 1. The SMILES string of the molecule is [B]CC(=O)NCCCn1ccnc1. The molecule has 0 unspecified atom stereocenters. The molecule has 2 radical (unpaired) electrons. The van der Waals surface area contributed by atoms with E-state index in [2.05, 4.69) is 10.3 Å². The number of hydrogen-bond acceptors (Lipinski definition) is 2. The molecule has 1 heterocycles. The van der Waals surface area contributed by atoms with Crippen LogP contribution in [0, 0.1) is 0 Å². The highest BCUT2D eigenvalue weighted by molar-refractivity contribution is 6.19. The Hall–Kier alpha value is -1.26. The summed E-state index contributed by atoms with van der Waals surface area (Å²) in [6, 6.07) is 0. The predicted molar refractivity (Wildman–Crippen MR) is 50.4 cm³/mol. The van der Waals surface area contributed by atoms with Gasteiger partial charge in [0.25, 0.3) is 0 Å². The van der Waals surface area contributed by atoms with Crippen LogP contribution in [0.5, 0.6) is 0 Å². The molecule has 0 bridgehead atoms. The van der Waals surface area contributed by atoms with Crippen LogP contribution in [-0.2, 0) is 11.3 Å². The van der Waals surface area contributed by atoms with Crippen LogP contribution in [0.1, 0.15) is 6.42 Å². The Morgan fingerprint density at radius 1 is 1.62 bits per heavy atom. The molecular weight excluding hydrogens is 165 g/mol. The molecule has 0 aliphatic rings. The molecular formula is C8H12BN3O. The molecule has 1 N–H and O–H groups in total. The number of aryl methyl sites for hydroxylation is 1. The molecule has 4 nitrogen and oxygen atoms in total. The second-order valence-electron chi connectivity index (χ2n) is 2.71. The smallest absolute Gasteiger partial charge is 0.211 e. The Bertz CT molecular complexity index is 248. The van der Waals surface area contributed by atoms with Gasteiger partial charge in [0.1, 0.15) is 0 Å². The molecule has 1 amide bonds. The normalized spacial score (nSPS) is 9.85. The summed E-state index contributed by atoms with van der Waals surface area (Å²) in [5.41, 5.74) is 0. The number of nitrogens with zero attached hydrogens (tertiary/aromatic N) is 2. The summed E-state index contributed by atoms with van der Waals surface area (Å²) >= 11 is 0. The molecule has 0 fully saturated rings. The van der Waals surface area contributed by atoms with Gasteiger partial charge in [0.2, 0.25) is 5.91 Å². The molecule has 5 heteroatoms. The van der Waals surface area contributed by atoms with Gasteiger partial charge in [-0.25, -0.2) is 4.98 Å². The minimum Gasteiger partial charge on any atom is -0.357 e. The highest BCUT2D eigenvalue weighted by Gasteiger charge is 1.94. The predicted octanol–water partition coefficient (Wildman–Crippen LogP) is -0.0238. The Kier molecular flexibility index (Phi) is 4.08. The zero-order valence-electron chi connectivity index (χ0n) is 7.44. The summed E-state index contributed by atoms with van der Waals surface area (Å²) in [4.78, 5) is 14.6. The molecule has 1 aromatic rings. The van der Waals surface area contributed by atoms with Crippen molar-refractivity contribution in [3.8, 4) is 0 Å². The molecule has 0 saturated carbocycles. The number of hydrogen-bond donors (Lipinski definition) is 1. The van der Waals surface area contributed by atoms with E-state index in [1.165, 1.54) is 0 Å². The van der Waals surface area contributed by atoms with Gasteiger partial charge in [-0.15, -0.1) is 0 Å². The first-order valence-corrected chi connectivity index (χ1v) is 4.25. The van der Waals surface area contributed by atoms with Crippen LogP contribution in [-0.4, -0.2) is 29.8 Å². The van der Waals surface area contributed by atoms with Gasteiger partial charge in [-0.2, -0.15) is 0 Å². The second kappa shape index (κ2) is 5.40. The molecule has 0 aliphatic heterocycles. The molecule has 0 atom stereocenters. The van der Waals surface area contributed by atoms with Crippen LogP contribution >= 0.6 is 0 Å². The first kappa shape index (κ1) is 9.83. The zero-order chi connectivity index (χ0) is 9.52. The van der Waals surface area contributed by atoms with Crippen molar-refractivity contribution in [2.75, 3.05) is 6.54 Å². The second-order valence-corrected chi connectivity index (χ2v) is 2.71. The van der Waals surface area contributed by atoms with Crippen molar-refractivity contribution in [1.82, 2.24) is 14.9 Å². The monoisotopic (exact) mass is 177 g/mol. The van der Waals surface area contributed by atoms with Crippen molar-refractivity contribution in [2.45, 2.75) is 19.3 Å². The topological polar surface area (TPSA) is 46.9 Å². The molecule has 13 heavy (non-hydrogen) atoms. The van der Waals surface area contributed by atoms with Gasteiger partial charge < -0.3 is 9.88 Å². The van der Waals surface area contributed by atoms with Crippen molar-refractivity contribution in [3.63, 3.8) is 0 Å². The fraction of sp³-hybridized carbons (Fsp3) is 0.500. The largest absolute Gasteiger partial charge is 0.357 e. The number of nitrogens with one attached hydrogen (secondary N) is 1.